The van der Waals surface area contributed by atoms with Crippen LogP contribution in [0.2, 0.25) is 0 Å². The maximum Gasteiger partial charge on any atom is 0.137 e. The SMILES string of the molecule is CC[C@H]1OC(=O)[C@H](C)[C@@H](O[C@H]2C[C@@](C)(OC)[C@@H](O)[C@H](C)O2)[C@H](C)[C@@H](OC2OC(C)CC(N(C)C)C2OC(C)=O)[C@](C)(O)C[C@@H](C)CN(C)[C@H](C)[C@@H](OC(=O)NCCCCCCCCCC[PH](C)(c2ccccc2)c2ccccc2)[C@]1(C)O. The average molecular weight is 1170 g/mol. The van der Waals surface area contributed by atoms with E-state index in [1.807, 2.05) is 58.6 Å². The molecule has 2 aromatic carbocycles. The number of alkyl carbamates (subject to hydrolysis) is 1. The molecule has 3 fully saturated rings. The summed E-state index contributed by atoms with van der Waals surface area (Å²) in [5.41, 5.74) is -4.64. The summed E-state index contributed by atoms with van der Waals surface area (Å²) in [7, 11) is 5.35. The molecule has 3 heterocycles. The Labute approximate surface area is 492 Å². The summed E-state index contributed by atoms with van der Waals surface area (Å²) >= 11 is 0. The predicted octanol–water partition coefficient (Wildman–Crippen LogP) is 8.36. The number of amides is 1. The topological polar surface area (TPSA) is 204 Å². The third-order valence-corrected chi connectivity index (χ3v) is 22.9. The normalized spacial score (nSPS) is 35.9. The Morgan fingerprint density at radius 2 is 1.38 bits per heavy atom. The molecular formula is C64H108N3O14P. The van der Waals surface area contributed by atoms with Crippen LogP contribution in [-0.4, -0.2) is 188 Å². The van der Waals surface area contributed by atoms with Crippen molar-refractivity contribution < 1.29 is 67.6 Å². The van der Waals surface area contributed by atoms with Crippen LogP contribution in [0.5, 0.6) is 0 Å². The van der Waals surface area contributed by atoms with Gasteiger partial charge < -0.3 is 58.1 Å². The van der Waals surface area contributed by atoms with E-state index in [9.17, 15) is 29.7 Å². The van der Waals surface area contributed by atoms with Crippen LogP contribution in [0.25, 0.3) is 0 Å². The van der Waals surface area contributed by atoms with Crippen molar-refractivity contribution in [1.29, 1.82) is 0 Å². The minimum Gasteiger partial charge on any atom is -0.382 e. The van der Waals surface area contributed by atoms with E-state index >= 15 is 0 Å². The summed E-state index contributed by atoms with van der Waals surface area (Å²) in [4.78, 5) is 45.5. The van der Waals surface area contributed by atoms with Gasteiger partial charge in [0.25, 0.3) is 0 Å². The summed E-state index contributed by atoms with van der Waals surface area (Å²) in [6.07, 6.45) is 0.534. The second-order valence-corrected chi connectivity index (χ2v) is 30.0. The zero-order valence-electron chi connectivity index (χ0n) is 52.8. The van der Waals surface area contributed by atoms with Crippen LogP contribution in [-0.2, 0) is 47.5 Å². The number of likely N-dealkylation sites (N-methyl/N-ethyl adjacent to an activating group) is 2. The molecule has 3 aliphatic rings. The fourth-order valence-electron chi connectivity index (χ4n) is 13.3. The first-order valence-corrected chi connectivity index (χ1v) is 33.4. The van der Waals surface area contributed by atoms with Crippen molar-refractivity contribution in [1.82, 2.24) is 15.1 Å². The van der Waals surface area contributed by atoms with E-state index in [1.165, 1.54) is 56.5 Å². The summed E-state index contributed by atoms with van der Waals surface area (Å²) < 4.78 is 51.1. The molecule has 4 unspecified atom stereocenters. The van der Waals surface area contributed by atoms with Crippen molar-refractivity contribution in [3.63, 3.8) is 0 Å². The van der Waals surface area contributed by atoms with E-state index in [4.69, 9.17) is 37.9 Å². The van der Waals surface area contributed by atoms with Gasteiger partial charge in [0.05, 0.1) is 47.6 Å². The largest absolute Gasteiger partial charge is 0.382 e. The van der Waals surface area contributed by atoms with Gasteiger partial charge in [-0.15, -0.1) is 0 Å². The number of rotatable bonds is 22. The number of esters is 2. The van der Waals surface area contributed by atoms with Crippen LogP contribution in [0, 0.1) is 17.8 Å². The molecule has 0 saturated carbocycles. The molecule has 0 radical (unpaired) electrons. The molecule has 3 aliphatic heterocycles. The first-order chi connectivity index (χ1) is 38.6. The molecule has 82 heavy (non-hydrogen) atoms. The number of benzene rings is 2. The number of nitrogens with one attached hydrogen (secondary N) is 1. The van der Waals surface area contributed by atoms with Crippen LogP contribution in [0.15, 0.2) is 60.7 Å². The Morgan fingerprint density at radius 3 is 1.93 bits per heavy atom. The molecule has 4 N–H and O–H groups in total. The van der Waals surface area contributed by atoms with Gasteiger partial charge >= 0.3 is 173 Å². The zero-order chi connectivity index (χ0) is 60.7. The molecular weight excluding hydrogens is 1070 g/mol. The Hall–Kier alpha value is -3.32. The number of unbranched alkanes of at least 4 members (excludes halogenated alkanes) is 7. The van der Waals surface area contributed by atoms with Gasteiger partial charge in [-0.2, -0.15) is 0 Å². The molecule has 3 saturated heterocycles. The van der Waals surface area contributed by atoms with E-state index in [-0.39, 0.29) is 37.3 Å². The van der Waals surface area contributed by atoms with Gasteiger partial charge in [0.15, 0.2) is 24.8 Å². The number of hydrogen-bond acceptors (Lipinski definition) is 16. The summed E-state index contributed by atoms with van der Waals surface area (Å²) in [6.45, 7) is 22.4. The number of cyclic esters (lactones) is 1. The van der Waals surface area contributed by atoms with E-state index in [2.05, 4.69) is 72.6 Å². The van der Waals surface area contributed by atoms with Gasteiger partial charge in [-0.05, 0) is 94.8 Å². The number of aliphatic hydroxyl groups is 3. The Kier molecular flexibility index (Phi) is 26.6. The van der Waals surface area contributed by atoms with Crippen molar-refractivity contribution in [3.05, 3.63) is 60.7 Å². The first kappa shape index (κ1) is 69.5. The maximum absolute atomic E-state index is 14.9. The van der Waals surface area contributed by atoms with E-state index in [0.717, 1.165) is 25.7 Å². The number of carbonyl (C=O) groups is 3. The second kappa shape index (κ2) is 31.4. The zero-order valence-corrected chi connectivity index (χ0v) is 53.8. The van der Waals surface area contributed by atoms with Crippen LogP contribution in [0.1, 0.15) is 153 Å². The van der Waals surface area contributed by atoms with Gasteiger partial charge in [-0.3, -0.25) is 14.5 Å². The second-order valence-electron chi connectivity index (χ2n) is 25.7. The van der Waals surface area contributed by atoms with Gasteiger partial charge in [-0.25, -0.2) is 4.79 Å². The molecule has 0 aliphatic carbocycles. The van der Waals surface area contributed by atoms with Crippen molar-refractivity contribution in [3.8, 4) is 0 Å². The Balaban J connectivity index is 1.32. The minimum absolute atomic E-state index is 0.0892. The Bertz CT molecular complexity index is 2210. The predicted molar refractivity (Wildman–Crippen MR) is 324 cm³/mol. The number of aliphatic hydroxyl groups excluding tert-OH is 1. The number of carbonyl (C=O) groups excluding carboxylic acids is 3. The molecule has 2 aromatic rings. The Morgan fingerprint density at radius 1 is 0.805 bits per heavy atom. The third kappa shape index (κ3) is 18.4. The number of methoxy groups -OCH3 is 1. The van der Waals surface area contributed by atoms with Crippen molar-refractivity contribution in [2.24, 2.45) is 17.8 Å². The smallest absolute Gasteiger partial charge is 0.137 e. The summed E-state index contributed by atoms with van der Waals surface area (Å²) in [6, 6.07) is 21.1. The molecule has 0 aromatic heterocycles. The van der Waals surface area contributed by atoms with E-state index in [0.29, 0.717) is 19.5 Å². The standard InChI is InChI=1S/C64H108N3O14P/c1-17-52-64(11,73)58(81-61(71)65-36-30-22-20-18-19-21-23-31-37-82(16,49-32-26-24-27-33-49)50-34-28-25-29-35-50)46(6)67(14)41-42(2)39-62(9,72)57(80-60-55(77-48(8)68)51(66(12)13)38-43(3)75-60)44(4)54(45(5)59(70)78-52)79-53-40-63(10,74-15)56(69)47(7)76-53/h24-29,32-35,42-47,51-58,60,69,72-73,82H,17-23,30-31,36-41H2,1-16H3,(H,65,71)/t42-,43?,44+,45-,46-,47+,51?,52-,53+,54+,55?,56+,57-,58-,60?,62-,63-,64-/m1/s1. The molecule has 0 bridgehead atoms. The van der Waals surface area contributed by atoms with E-state index < -0.39 is 115 Å². The number of nitrogens with zero attached hydrogens (tertiary/aromatic N) is 2. The maximum atomic E-state index is 14.9. The van der Waals surface area contributed by atoms with Gasteiger partial charge in [0.1, 0.15) is 17.8 Å². The van der Waals surface area contributed by atoms with Crippen LogP contribution in [0.4, 0.5) is 4.79 Å². The molecule has 5 rings (SSSR count). The fourth-order valence-corrected chi connectivity index (χ4v) is 17.0. The van der Waals surface area contributed by atoms with Crippen molar-refractivity contribution in [2.45, 2.75) is 244 Å². The molecule has 18 atom stereocenters. The number of hydrogen-bond donors (Lipinski definition) is 4. The summed E-state index contributed by atoms with van der Waals surface area (Å²) in [5.74, 6) is -3.41. The minimum atomic E-state index is -1.90. The van der Waals surface area contributed by atoms with Gasteiger partial charge in [-0.1, -0.05) is 20.8 Å². The van der Waals surface area contributed by atoms with Crippen LogP contribution in [0.3, 0.4) is 0 Å². The quantitative estimate of drug-likeness (QED) is 0.0379. The molecule has 1 amide bonds. The molecule has 0 spiro atoms. The first-order valence-electron chi connectivity index (χ1n) is 30.7. The average Bonchev–Trinajstić information content (AvgIpc) is 3.57. The van der Waals surface area contributed by atoms with Crippen molar-refractivity contribution >= 4 is 35.9 Å². The molecule has 468 valence electrons. The summed E-state index contributed by atoms with van der Waals surface area (Å²) in [5, 5.41) is 42.9. The molecule has 17 nitrogen and oxygen atoms in total. The van der Waals surface area contributed by atoms with Gasteiger partial charge in [0.2, 0.25) is 0 Å². The van der Waals surface area contributed by atoms with Gasteiger partial charge in [0, 0.05) is 39.0 Å². The van der Waals surface area contributed by atoms with Crippen molar-refractivity contribution in [2.75, 3.05) is 54.2 Å². The van der Waals surface area contributed by atoms with E-state index in [1.54, 1.807) is 41.5 Å². The third-order valence-electron chi connectivity index (χ3n) is 18.4. The fraction of sp³-hybridized carbons (Fsp3) is 0.766. The number of ether oxygens (including phenoxy) is 8. The van der Waals surface area contributed by atoms with Crippen LogP contribution >= 0.6 is 7.26 Å². The monoisotopic (exact) mass is 1170 g/mol. The molecule has 18 heteroatoms. The van der Waals surface area contributed by atoms with Crippen LogP contribution < -0.4 is 15.9 Å².